The van der Waals surface area contributed by atoms with E-state index in [0.717, 1.165) is 21.3 Å². The van der Waals surface area contributed by atoms with Gasteiger partial charge in [-0.15, -0.1) is 0 Å². The summed E-state index contributed by atoms with van der Waals surface area (Å²) in [6, 6.07) is 16.0. The fourth-order valence-corrected chi connectivity index (χ4v) is 2.44. The minimum Gasteiger partial charge on any atom is -0.494 e. The van der Waals surface area contributed by atoms with Crippen molar-refractivity contribution in [2.24, 2.45) is 5.84 Å². The number of benzene rings is 2. The van der Waals surface area contributed by atoms with Gasteiger partial charge in [-0.05, 0) is 42.3 Å². The summed E-state index contributed by atoms with van der Waals surface area (Å²) in [5.41, 5.74) is 5.03. The van der Waals surface area contributed by atoms with Gasteiger partial charge in [0.05, 0.1) is 12.6 Å². The zero-order chi connectivity index (χ0) is 13.7. The Balaban J connectivity index is 2.33. The fraction of sp³-hybridized carbons (Fsp3) is 0.200. The fourth-order valence-electron chi connectivity index (χ4n) is 2.02. The first-order valence-electron chi connectivity index (χ1n) is 6.19. The molecule has 0 saturated heterocycles. The average molecular weight is 321 g/mol. The third-order valence-electron chi connectivity index (χ3n) is 2.85. The summed E-state index contributed by atoms with van der Waals surface area (Å²) in [6.07, 6.45) is 0. The molecule has 0 aliphatic rings. The van der Waals surface area contributed by atoms with E-state index < -0.39 is 0 Å². The Kier molecular flexibility index (Phi) is 4.96. The minimum atomic E-state index is -0.0575. The van der Waals surface area contributed by atoms with Crippen molar-refractivity contribution in [1.82, 2.24) is 5.43 Å². The summed E-state index contributed by atoms with van der Waals surface area (Å²) in [6.45, 7) is 2.63. The van der Waals surface area contributed by atoms with E-state index in [0.29, 0.717) is 6.61 Å². The van der Waals surface area contributed by atoms with Crippen molar-refractivity contribution >= 4 is 15.9 Å². The van der Waals surface area contributed by atoms with Crippen LogP contribution in [0.1, 0.15) is 24.1 Å². The van der Waals surface area contributed by atoms with Crippen LogP contribution in [-0.2, 0) is 0 Å². The van der Waals surface area contributed by atoms with E-state index in [9.17, 15) is 0 Å². The molecule has 0 spiro atoms. The largest absolute Gasteiger partial charge is 0.494 e. The number of rotatable bonds is 5. The zero-order valence-electron chi connectivity index (χ0n) is 10.8. The van der Waals surface area contributed by atoms with E-state index in [1.165, 1.54) is 0 Å². The van der Waals surface area contributed by atoms with E-state index in [-0.39, 0.29) is 6.04 Å². The van der Waals surface area contributed by atoms with Gasteiger partial charge in [0.2, 0.25) is 0 Å². The number of halogens is 1. The quantitative estimate of drug-likeness (QED) is 0.655. The first-order valence-corrected chi connectivity index (χ1v) is 6.98. The molecule has 0 aliphatic carbocycles. The predicted octanol–water partition coefficient (Wildman–Crippen LogP) is 3.40. The van der Waals surface area contributed by atoms with Crippen molar-refractivity contribution in [2.45, 2.75) is 13.0 Å². The van der Waals surface area contributed by atoms with Crippen molar-refractivity contribution in [3.05, 3.63) is 64.1 Å². The molecule has 0 fully saturated rings. The van der Waals surface area contributed by atoms with Gasteiger partial charge in [0, 0.05) is 4.47 Å². The van der Waals surface area contributed by atoms with Gasteiger partial charge in [-0.2, -0.15) is 0 Å². The second-order valence-corrected chi connectivity index (χ2v) is 5.08. The second kappa shape index (κ2) is 6.70. The molecule has 0 saturated carbocycles. The number of hydrogen-bond donors (Lipinski definition) is 2. The van der Waals surface area contributed by atoms with Crippen molar-refractivity contribution in [1.29, 1.82) is 0 Å². The maximum atomic E-state index is 5.70. The molecule has 2 rings (SSSR count). The second-order valence-electron chi connectivity index (χ2n) is 4.16. The molecule has 0 heterocycles. The summed E-state index contributed by atoms with van der Waals surface area (Å²) in [5.74, 6) is 6.56. The van der Waals surface area contributed by atoms with Gasteiger partial charge < -0.3 is 4.74 Å². The molecule has 0 aliphatic heterocycles. The van der Waals surface area contributed by atoms with Crippen LogP contribution in [0.2, 0.25) is 0 Å². The first kappa shape index (κ1) is 14.1. The summed E-state index contributed by atoms with van der Waals surface area (Å²) in [5, 5.41) is 0. The standard InChI is InChI=1S/C15H17BrN2O/c1-2-19-14-8-4-6-12(10-14)15(18-17)11-5-3-7-13(16)9-11/h3-10,15,18H,2,17H2,1H3. The van der Waals surface area contributed by atoms with E-state index in [1.54, 1.807) is 0 Å². The zero-order valence-corrected chi connectivity index (χ0v) is 12.4. The highest BCUT2D eigenvalue weighted by Crippen LogP contribution is 2.26. The van der Waals surface area contributed by atoms with Crippen LogP contribution < -0.4 is 16.0 Å². The number of hydrogen-bond acceptors (Lipinski definition) is 3. The van der Waals surface area contributed by atoms with Crippen molar-refractivity contribution in [2.75, 3.05) is 6.61 Å². The van der Waals surface area contributed by atoms with E-state index in [2.05, 4.69) is 27.4 Å². The van der Waals surface area contributed by atoms with Crippen LogP contribution in [0.5, 0.6) is 5.75 Å². The normalized spacial score (nSPS) is 12.2. The smallest absolute Gasteiger partial charge is 0.119 e. The van der Waals surface area contributed by atoms with Crippen LogP contribution >= 0.6 is 15.9 Å². The molecular formula is C15H17BrN2O. The molecule has 3 N–H and O–H groups in total. The highest BCUT2D eigenvalue weighted by atomic mass is 79.9. The van der Waals surface area contributed by atoms with Crippen molar-refractivity contribution in [3.63, 3.8) is 0 Å². The summed E-state index contributed by atoms with van der Waals surface area (Å²) in [4.78, 5) is 0. The van der Waals surface area contributed by atoms with Gasteiger partial charge in [-0.25, -0.2) is 5.43 Å². The van der Waals surface area contributed by atoms with Gasteiger partial charge >= 0.3 is 0 Å². The molecule has 19 heavy (non-hydrogen) atoms. The van der Waals surface area contributed by atoms with E-state index in [1.807, 2.05) is 49.4 Å². The van der Waals surface area contributed by atoms with Crippen LogP contribution in [0.25, 0.3) is 0 Å². The Morgan fingerprint density at radius 2 is 1.84 bits per heavy atom. The van der Waals surface area contributed by atoms with Crippen LogP contribution in [0.15, 0.2) is 53.0 Å². The predicted molar refractivity (Wildman–Crippen MR) is 80.9 cm³/mol. The molecule has 4 heteroatoms. The Bertz CT molecular complexity index is 545. The SMILES string of the molecule is CCOc1cccc(C(NN)c2cccc(Br)c2)c1. The Hall–Kier alpha value is -1.36. The highest BCUT2D eigenvalue weighted by molar-refractivity contribution is 9.10. The van der Waals surface area contributed by atoms with Gasteiger partial charge in [0.1, 0.15) is 5.75 Å². The monoisotopic (exact) mass is 320 g/mol. The Labute approximate surface area is 121 Å². The number of ether oxygens (including phenoxy) is 1. The topological polar surface area (TPSA) is 47.3 Å². The highest BCUT2D eigenvalue weighted by Gasteiger charge is 2.13. The lowest BCUT2D eigenvalue weighted by Gasteiger charge is -2.18. The average Bonchev–Trinajstić information content (AvgIpc) is 2.41. The molecule has 0 amide bonds. The van der Waals surface area contributed by atoms with Gasteiger partial charge in [-0.3, -0.25) is 5.84 Å². The van der Waals surface area contributed by atoms with Crippen LogP contribution in [0.4, 0.5) is 0 Å². The first-order chi connectivity index (χ1) is 9.24. The van der Waals surface area contributed by atoms with Crippen LogP contribution in [0, 0.1) is 0 Å². The van der Waals surface area contributed by atoms with Gasteiger partial charge in [0.25, 0.3) is 0 Å². The third-order valence-corrected chi connectivity index (χ3v) is 3.34. The maximum absolute atomic E-state index is 5.70. The molecule has 1 unspecified atom stereocenters. The summed E-state index contributed by atoms with van der Waals surface area (Å²) >= 11 is 3.48. The molecule has 0 bridgehead atoms. The van der Waals surface area contributed by atoms with Gasteiger partial charge in [0.15, 0.2) is 0 Å². The molecule has 1 atom stereocenters. The molecule has 2 aromatic rings. The van der Waals surface area contributed by atoms with Crippen molar-refractivity contribution < 1.29 is 4.74 Å². The lowest BCUT2D eigenvalue weighted by atomic mass is 9.99. The molecule has 2 aromatic carbocycles. The van der Waals surface area contributed by atoms with Crippen LogP contribution in [-0.4, -0.2) is 6.61 Å². The number of nitrogens with one attached hydrogen (secondary N) is 1. The summed E-state index contributed by atoms with van der Waals surface area (Å²) in [7, 11) is 0. The summed E-state index contributed by atoms with van der Waals surface area (Å²) < 4.78 is 6.56. The molecule has 0 aromatic heterocycles. The van der Waals surface area contributed by atoms with Gasteiger partial charge in [-0.1, -0.05) is 40.2 Å². The molecule has 100 valence electrons. The number of nitrogens with two attached hydrogens (primary N) is 1. The Morgan fingerprint density at radius 3 is 2.47 bits per heavy atom. The minimum absolute atomic E-state index is 0.0575. The molecule has 3 nitrogen and oxygen atoms in total. The molecular weight excluding hydrogens is 304 g/mol. The van der Waals surface area contributed by atoms with Crippen molar-refractivity contribution in [3.8, 4) is 5.75 Å². The maximum Gasteiger partial charge on any atom is 0.119 e. The lowest BCUT2D eigenvalue weighted by Crippen LogP contribution is -2.28. The Morgan fingerprint density at radius 1 is 1.16 bits per heavy atom. The third kappa shape index (κ3) is 3.56. The lowest BCUT2D eigenvalue weighted by molar-refractivity contribution is 0.339. The van der Waals surface area contributed by atoms with E-state index >= 15 is 0 Å². The van der Waals surface area contributed by atoms with Crippen LogP contribution in [0.3, 0.4) is 0 Å². The van der Waals surface area contributed by atoms with E-state index in [4.69, 9.17) is 10.6 Å². The number of hydrazine groups is 1. The molecule has 0 radical (unpaired) electrons.